The number of allylic oxidation sites excluding steroid dienone is 1. The van der Waals surface area contributed by atoms with Gasteiger partial charge in [0.2, 0.25) is 0 Å². The minimum atomic E-state index is -0.735. The molecule has 0 radical (unpaired) electrons. The lowest BCUT2D eigenvalue weighted by molar-refractivity contribution is -0.137. The number of hydrogen-bond acceptors (Lipinski definition) is 2. The van der Waals surface area contributed by atoms with Gasteiger partial charge >= 0.3 is 5.97 Å². The van der Waals surface area contributed by atoms with Crippen molar-refractivity contribution in [1.29, 1.82) is 0 Å². The highest BCUT2D eigenvalue weighted by molar-refractivity contribution is 5.66. The summed E-state index contributed by atoms with van der Waals surface area (Å²) in [5, 5.41) is 8.57. The molecule has 0 saturated heterocycles. The summed E-state index contributed by atoms with van der Waals surface area (Å²) in [5.41, 5.74) is 1.50. The molecule has 2 rings (SSSR count). The van der Waals surface area contributed by atoms with Gasteiger partial charge in [0.15, 0.2) is 0 Å². The molecule has 3 atom stereocenters. The predicted molar refractivity (Wildman–Crippen MR) is 65.8 cm³/mol. The molecule has 3 nitrogen and oxygen atoms in total. The van der Waals surface area contributed by atoms with E-state index in [1.165, 1.54) is 24.8 Å². The third-order valence-electron chi connectivity index (χ3n) is 3.97. The zero-order chi connectivity index (χ0) is 12.3. The van der Waals surface area contributed by atoms with Gasteiger partial charge in [0.1, 0.15) is 0 Å². The van der Waals surface area contributed by atoms with Gasteiger partial charge in [0, 0.05) is 13.0 Å². The molecule has 2 aliphatic carbocycles. The number of carboxylic acid groups (broad SMARTS) is 1. The van der Waals surface area contributed by atoms with Crippen LogP contribution in [0.1, 0.15) is 45.4 Å². The lowest BCUT2D eigenvalue weighted by Gasteiger charge is -2.23. The number of rotatable bonds is 7. The molecule has 0 aromatic rings. The number of fused-ring (bicyclic) bond motifs is 2. The van der Waals surface area contributed by atoms with Crippen molar-refractivity contribution >= 4 is 5.97 Å². The third kappa shape index (κ3) is 3.09. The molecule has 2 bridgehead atoms. The van der Waals surface area contributed by atoms with Gasteiger partial charge < -0.3 is 9.84 Å². The van der Waals surface area contributed by atoms with E-state index in [4.69, 9.17) is 9.84 Å². The van der Waals surface area contributed by atoms with Gasteiger partial charge in [-0.15, -0.1) is 0 Å². The average molecular weight is 238 g/mol. The number of aliphatic carboxylic acids is 1. The van der Waals surface area contributed by atoms with E-state index >= 15 is 0 Å². The third-order valence-corrected chi connectivity index (χ3v) is 3.97. The van der Waals surface area contributed by atoms with Gasteiger partial charge in [-0.05, 0) is 49.5 Å². The molecule has 1 saturated carbocycles. The normalized spacial score (nSPS) is 28.2. The zero-order valence-corrected chi connectivity index (χ0v) is 10.5. The Morgan fingerprint density at radius 1 is 1.59 bits per heavy atom. The maximum atomic E-state index is 10.4. The fourth-order valence-electron chi connectivity index (χ4n) is 3.15. The second kappa shape index (κ2) is 5.67. The Hall–Kier alpha value is -0.830. The molecule has 3 heteroatoms. The van der Waals surface area contributed by atoms with Crippen molar-refractivity contribution in [1.82, 2.24) is 0 Å². The first kappa shape index (κ1) is 12.6. The van der Waals surface area contributed by atoms with Crippen LogP contribution in [0, 0.1) is 11.8 Å². The van der Waals surface area contributed by atoms with E-state index in [-0.39, 0.29) is 12.5 Å². The van der Waals surface area contributed by atoms with Gasteiger partial charge in [-0.3, -0.25) is 4.79 Å². The molecule has 1 N–H and O–H groups in total. The quantitative estimate of drug-likeness (QED) is 0.548. The Morgan fingerprint density at radius 2 is 2.41 bits per heavy atom. The van der Waals surface area contributed by atoms with E-state index in [1.54, 1.807) is 0 Å². The molecule has 96 valence electrons. The van der Waals surface area contributed by atoms with Crippen molar-refractivity contribution in [2.75, 3.05) is 6.61 Å². The summed E-state index contributed by atoms with van der Waals surface area (Å²) in [5.74, 6) is 0.817. The maximum Gasteiger partial charge on any atom is 0.303 e. The van der Waals surface area contributed by atoms with E-state index in [0.717, 1.165) is 18.3 Å². The summed E-state index contributed by atoms with van der Waals surface area (Å²) < 4.78 is 5.85. The van der Waals surface area contributed by atoms with E-state index in [9.17, 15) is 4.79 Å². The number of carbonyl (C=O) groups is 1. The monoisotopic (exact) mass is 238 g/mol. The van der Waals surface area contributed by atoms with Crippen LogP contribution in [0.15, 0.2) is 11.6 Å². The number of ether oxygens (including phenoxy) is 1. The van der Waals surface area contributed by atoms with Crippen LogP contribution < -0.4 is 0 Å². The maximum absolute atomic E-state index is 10.4. The molecule has 0 amide bonds. The van der Waals surface area contributed by atoms with Crippen molar-refractivity contribution in [2.45, 2.75) is 51.6 Å². The summed E-state index contributed by atoms with van der Waals surface area (Å²) in [6.45, 7) is 2.72. The Bertz CT molecular complexity index is 309. The summed E-state index contributed by atoms with van der Waals surface area (Å²) in [6, 6.07) is 0. The van der Waals surface area contributed by atoms with Crippen molar-refractivity contribution in [2.24, 2.45) is 11.8 Å². The Morgan fingerprint density at radius 3 is 2.94 bits per heavy atom. The second-order valence-corrected chi connectivity index (χ2v) is 5.20. The van der Waals surface area contributed by atoms with Crippen molar-refractivity contribution in [3.05, 3.63) is 11.6 Å². The molecule has 2 aliphatic rings. The highest BCUT2D eigenvalue weighted by Crippen LogP contribution is 2.45. The summed E-state index contributed by atoms with van der Waals surface area (Å²) in [6.07, 6.45) is 8.48. The fourth-order valence-corrected chi connectivity index (χ4v) is 3.15. The topological polar surface area (TPSA) is 46.5 Å². The van der Waals surface area contributed by atoms with E-state index in [0.29, 0.717) is 13.0 Å². The smallest absolute Gasteiger partial charge is 0.303 e. The van der Waals surface area contributed by atoms with Gasteiger partial charge in [0.05, 0.1) is 6.10 Å². The van der Waals surface area contributed by atoms with Crippen LogP contribution >= 0.6 is 0 Å². The van der Waals surface area contributed by atoms with E-state index in [1.807, 2.05) is 0 Å². The van der Waals surface area contributed by atoms with Gasteiger partial charge in [0.25, 0.3) is 0 Å². The molecule has 0 aromatic carbocycles. The average Bonchev–Trinajstić information content (AvgIpc) is 2.90. The second-order valence-electron chi connectivity index (χ2n) is 5.20. The molecule has 3 unspecified atom stereocenters. The summed E-state index contributed by atoms with van der Waals surface area (Å²) in [4.78, 5) is 10.4. The fraction of sp³-hybridized carbons (Fsp3) is 0.786. The minimum absolute atomic E-state index is 0.210. The summed E-state index contributed by atoms with van der Waals surface area (Å²) >= 11 is 0. The van der Waals surface area contributed by atoms with Crippen LogP contribution in [0.2, 0.25) is 0 Å². The van der Waals surface area contributed by atoms with E-state index < -0.39 is 5.97 Å². The lowest BCUT2D eigenvalue weighted by atomic mass is 9.93. The van der Waals surface area contributed by atoms with Crippen LogP contribution in [0.25, 0.3) is 0 Å². The van der Waals surface area contributed by atoms with Gasteiger partial charge in [-0.2, -0.15) is 0 Å². The Balaban J connectivity index is 1.77. The van der Waals surface area contributed by atoms with Crippen LogP contribution in [0.3, 0.4) is 0 Å². The molecule has 0 heterocycles. The standard InChI is InChI=1S/C14H22O3/c1-2-13(17-7-3-4-14(15)16)12-9-10-5-6-11(12)8-10/h9-11,13H,2-8H2,1H3,(H,15,16). The molecular formula is C14H22O3. The Labute approximate surface area is 103 Å². The van der Waals surface area contributed by atoms with Crippen molar-refractivity contribution in [3.63, 3.8) is 0 Å². The first-order valence-corrected chi connectivity index (χ1v) is 6.75. The van der Waals surface area contributed by atoms with E-state index in [2.05, 4.69) is 13.0 Å². The largest absolute Gasteiger partial charge is 0.481 e. The molecule has 0 aliphatic heterocycles. The molecule has 17 heavy (non-hydrogen) atoms. The van der Waals surface area contributed by atoms with Crippen LogP contribution in [-0.2, 0) is 9.53 Å². The molecule has 1 fully saturated rings. The van der Waals surface area contributed by atoms with Gasteiger partial charge in [-0.25, -0.2) is 0 Å². The van der Waals surface area contributed by atoms with Crippen molar-refractivity contribution in [3.8, 4) is 0 Å². The Kier molecular flexibility index (Phi) is 4.21. The predicted octanol–water partition coefficient (Wildman–Crippen LogP) is 3.00. The number of hydrogen-bond donors (Lipinski definition) is 1. The van der Waals surface area contributed by atoms with Crippen LogP contribution in [-0.4, -0.2) is 23.8 Å². The lowest BCUT2D eigenvalue weighted by Crippen LogP contribution is -2.20. The molecule has 0 spiro atoms. The zero-order valence-electron chi connectivity index (χ0n) is 10.5. The highest BCUT2D eigenvalue weighted by Gasteiger charge is 2.35. The molecular weight excluding hydrogens is 216 g/mol. The first-order valence-electron chi connectivity index (χ1n) is 6.75. The van der Waals surface area contributed by atoms with Crippen LogP contribution in [0.4, 0.5) is 0 Å². The minimum Gasteiger partial charge on any atom is -0.481 e. The number of carboxylic acids is 1. The first-order chi connectivity index (χ1) is 8.20. The highest BCUT2D eigenvalue weighted by atomic mass is 16.5. The SMILES string of the molecule is CCC(OCCCC(=O)O)C1=CC2CCC1C2. The van der Waals surface area contributed by atoms with Gasteiger partial charge in [-0.1, -0.05) is 13.0 Å². The van der Waals surface area contributed by atoms with Crippen molar-refractivity contribution < 1.29 is 14.6 Å². The summed E-state index contributed by atoms with van der Waals surface area (Å²) in [7, 11) is 0. The van der Waals surface area contributed by atoms with Crippen LogP contribution in [0.5, 0.6) is 0 Å². The molecule has 0 aromatic heterocycles.